The maximum atomic E-state index is 13.6. The van der Waals surface area contributed by atoms with Crippen molar-refractivity contribution >= 4 is 5.82 Å². The van der Waals surface area contributed by atoms with Gasteiger partial charge in [-0.25, -0.2) is 9.37 Å². The highest BCUT2D eigenvalue weighted by Crippen LogP contribution is 2.39. The van der Waals surface area contributed by atoms with E-state index in [1.165, 1.54) is 6.07 Å². The molecule has 1 saturated carbocycles. The second-order valence-electron chi connectivity index (χ2n) is 5.10. The van der Waals surface area contributed by atoms with E-state index >= 15 is 0 Å². The Morgan fingerprint density at radius 1 is 1.29 bits per heavy atom. The Balaban J connectivity index is 1.76. The number of nitrogens with one attached hydrogen (secondary N) is 1. The van der Waals surface area contributed by atoms with Gasteiger partial charge in [0.25, 0.3) is 0 Å². The Morgan fingerprint density at radius 3 is 2.81 bits per heavy atom. The molecule has 0 atom stereocenters. The average Bonchev–Trinajstić information content (AvgIpc) is 3.31. The molecule has 21 heavy (non-hydrogen) atoms. The number of benzene rings is 1. The van der Waals surface area contributed by atoms with Gasteiger partial charge in [-0.05, 0) is 25.8 Å². The zero-order chi connectivity index (χ0) is 14.7. The smallest absolute Gasteiger partial charge is 0.218 e. The quantitative estimate of drug-likeness (QED) is 0.883. The van der Waals surface area contributed by atoms with Gasteiger partial charge in [0, 0.05) is 24.1 Å². The molecular formula is C16H18FN3O. The van der Waals surface area contributed by atoms with Crippen molar-refractivity contribution in [3.05, 3.63) is 47.5 Å². The highest BCUT2D eigenvalue weighted by atomic mass is 19.1. The van der Waals surface area contributed by atoms with Crippen LogP contribution in [0.1, 0.15) is 37.1 Å². The van der Waals surface area contributed by atoms with Crippen molar-refractivity contribution in [2.24, 2.45) is 0 Å². The molecule has 0 spiro atoms. The molecule has 4 nitrogen and oxygen atoms in total. The first-order valence-electron chi connectivity index (χ1n) is 7.25. The van der Waals surface area contributed by atoms with Gasteiger partial charge in [-0.3, -0.25) is 0 Å². The Kier molecular flexibility index (Phi) is 3.99. The van der Waals surface area contributed by atoms with E-state index in [0.29, 0.717) is 36.3 Å². The van der Waals surface area contributed by atoms with E-state index < -0.39 is 0 Å². The second kappa shape index (κ2) is 6.08. The first-order chi connectivity index (χ1) is 10.3. The van der Waals surface area contributed by atoms with Crippen LogP contribution in [0.5, 0.6) is 5.88 Å². The number of aromatic nitrogens is 2. The van der Waals surface area contributed by atoms with Gasteiger partial charge in [0.2, 0.25) is 5.88 Å². The molecule has 0 amide bonds. The molecule has 0 bridgehead atoms. The second-order valence-corrected chi connectivity index (χ2v) is 5.10. The van der Waals surface area contributed by atoms with Gasteiger partial charge in [-0.2, -0.15) is 4.98 Å². The largest absolute Gasteiger partial charge is 0.478 e. The van der Waals surface area contributed by atoms with Gasteiger partial charge in [0.15, 0.2) is 0 Å². The molecule has 1 fully saturated rings. The molecule has 2 aromatic rings. The molecule has 1 aliphatic rings. The lowest BCUT2D eigenvalue weighted by atomic mass is 10.2. The Bertz CT molecular complexity index is 629. The van der Waals surface area contributed by atoms with E-state index in [1.54, 1.807) is 18.2 Å². The molecule has 1 heterocycles. The number of halogens is 1. The molecule has 1 aromatic carbocycles. The van der Waals surface area contributed by atoms with Crippen LogP contribution in [-0.2, 0) is 6.54 Å². The predicted octanol–water partition coefficient (Wildman–Crippen LogP) is 3.50. The first-order valence-corrected chi connectivity index (χ1v) is 7.25. The van der Waals surface area contributed by atoms with E-state index in [0.717, 1.165) is 18.7 Å². The number of nitrogens with zero attached hydrogens (tertiary/aromatic N) is 2. The molecule has 1 aromatic heterocycles. The highest BCUT2D eigenvalue weighted by molar-refractivity contribution is 5.40. The fourth-order valence-corrected chi connectivity index (χ4v) is 2.11. The summed E-state index contributed by atoms with van der Waals surface area (Å²) in [4.78, 5) is 8.91. The normalized spacial score (nSPS) is 14.0. The van der Waals surface area contributed by atoms with Gasteiger partial charge >= 0.3 is 0 Å². The minimum atomic E-state index is -0.216. The summed E-state index contributed by atoms with van der Waals surface area (Å²) in [7, 11) is 0. The fraction of sp³-hybridized carbons (Fsp3) is 0.375. The summed E-state index contributed by atoms with van der Waals surface area (Å²) in [5.74, 6) is 2.30. The molecule has 110 valence electrons. The zero-order valence-corrected chi connectivity index (χ0v) is 12.0. The van der Waals surface area contributed by atoms with Crippen LogP contribution in [0.15, 0.2) is 30.3 Å². The number of anilines is 1. The third-order valence-electron chi connectivity index (χ3n) is 3.37. The van der Waals surface area contributed by atoms with Crippen LogP contribution in [-0.4, -0.2) is 16.6 Å². The summed E-state index contributed by atoms with van der Waals surface area (Å²) in [5.41, 5.74) is 0.613. The van der Waals surface area contributed by atoms with E-state index in [9.17, 15) is 4.39 Å². The third-order valence-corrected chi connectivity index (χ3v) is 3.37. The van der Waals surface area contributed by atoms with Crippen LogP contribution in [0.3, 0.4) is 0 Å². The first kappa shape index (κ1) is 13.8. The van der Waals surface area contributed by atoms with Crippen molar-refractivity contribution in [1.82, 2.24) is 9.97 Å². The van der Waals surface area contributed by atoms with Crippen LogP contribution in [0.4, 0.5) is 10.2 Å². The van der Waals surface area contributed by atoms with Crippen LogP contribution in [0, 0.1) is 5.82 Å². The van der Waals surface area contributed by atoms with E-state index in [1.807, 2.05) is 13.0 Å². The summed E-state index contributed by atoms with van der Waals surface area (Å²) >= 11 is 0. The van der Waals surface area contributed by atoms with Crippen molar-refractivity contribution in [2.75, 3.05) is 11.9 Å². The molecule has 1 aliphatic carbocycles. The predicted molar refractivity (Wildman–Crippen MR) is 78.9 cm³/mol. The van der Waals surface area contributed by atoms with E-state index in [4.69, 9.17) is 4.74 Å². The number of rotatable bonds is 6. The van der Waals surface area contributed by atoms with E-state index in [-0.39, 0.29) is 5.82 Å². The van der Waals surface area contributed by atoms with Crippen molar-refractivity contribution in [2.45, 2.75) is 32.2 Å². The molecule has 0 aliphatic heterocycles. The van der Waals surface area contributed by atoms with Crippen LogP contribution >= 0.6 is 0 Å². The number of hydrogen-bond acceptors (Lipinski definition) is 4. The van der Waals surface area contributed by atoms with Crippen molar-refractivity contribution in [3.63, 3.8) is 0 Å². The maximum Gasteiger partial charge on any atom is 0.218 e. The fourth-order valence-electron chi connectivity index (χ4n) is 2.11. The molecule has 0 radical (unpaired) electrons. The average molecular weight is 287 g/mol. The summed E-state index contributed by atoms with van der Waals surface area (Å²) < 4.78 is 19.1. The lowest BCUT2D eigenvalue weighted by Gasteiger charge is -2.10. The van der Waals surface area contributed by atoms with Gasteiger partial charge in [-0.15, -0.1) is 0 Å². The van der Waals surface area contributed by atoms with Crippen LogP contribution in [0.2, 0.25) is 0 Å². The third kappa shape index (κ3) is 3.48. The Morgan fingerprint density at radius 2 is 2.10 bits per heavy atom. The topological polar surface area (TPSA) is 47.0 Å². The number of ether oxygens (including phenoxy) is 1. The maximum absolute atomic E-state index is 13.6. The van der Waals surface area contributed by atoms with Crippen LogP contribution in [0.25, 0.3) is 0 Å². The minimum Gasteiger partial charge on any atom is -0.478 e. The van der Waals surface area contributed by atoms with Gasteiger partial charge in [0.1, 0.15) is 17.5 Å². The summed E-state index contributed by atoms with van der Waals surface area (Å²) in [6, 6.07) is 8.48. The number of hydrogen-bond donors (Lipinski definition) is 1. The van der Waals surface area contributed by atoms with Crippen LogP contribution < -0.4 is 10.1 Å². The minimum absolute atomic E-state index is 0.216. The summed E-state index contributed by atoms with van der Waals surface area (Å²) in [5, 5.41) is 3.15. The SMILES string of the molecule is CCOc1cc(NCc2ccccc2F)nc(C2CC2)n1. The molecular weight excluding hydrogens is 269 g/mol. The summed E-state index contributed by atoms with van der Waals surface area (Å²) in [6.07, 6.45) is 2.25. The van der Waals surface area contributed by atoms with Crippen molar-refractivity contribution in [1.29, 1.82) is 0 Å². The van der Waals surface area contributed by atoms with E-state index in [2.05, 4.69) is 15.3 Å². The Hall–Kier alpha value is -2.17. The highest BCUT2D eigenvalue weighted by Gasteiger charge is 2.27. The lowest BCUT2D eigenvalue weighted by molar-refractivity contribution is 0.325. The zero-order valence-electron chi connectivity index (χ0n) is 12.0. The molecule has 0 unspecified atom stereocenters. The monoisotopic (exact) mass is 287 g/mol. The molecule has 0 saturated heterocycles. The summed E-state index contributed by atoms with van der Waals surface area (Å²) in [6.45, 7) is 2.87. The van der Waals surface area contributed by atoms with Crippen molar-refractivity contribution < 1.29 is 9.13 Å². The molecule has 3 rings (SSSR count). The lowest BCUT2D eigenvalue weighted by Crippen LogP contribution is -2.07. The van der Waals surface area contributed by atoms with Crippen molar-refractivity contribution in [3.8, 4) is 5.88 Å². The van der Waals surface area contributed by atoms with Gasteiger partial charge in [-0.1, -0.05) is 18.2 Å². The standard InChI is InChI=1S/C16H18FN3O/c1-2-21-15-9-14(19-16(20-15)11-7-8-11)18-10-12-5-3-4-6-13(12)17/h3-6,9,11H,2,7-8,10H2,1H3,(H,18,19,20). The molecule has 5 heteroatoms. The molecule has 1 N–H and O–H groups in total. The Labute approximate surface area is 123 Å². The van der Waals surface area contributed by atoms with Gasteiger partial charge in [0.05, 0.1) is 6.61 Å². The van der Waals surface area contributed by atoms with Gasteiger partial charge < -0.3 is 10.1 Å².